The quantitative estimate of drug-likeness (QED) is 0.621. The predicted molar refractivity (Wildman–Crippen MR) is 55.6 cm³/mol. The maximum Gasteiger partial charge on any atom is 0.394 e. The van der Waals surface area contributed by atoms with Crippen LogP contribution in [0.2, 0.25) is 0 Å². The molecule has 16 heavy (non-hydrogen) atoms. The minimum Gasteiger partial charge on any atom is -0.474 e. The number of carbonyl (C=O) groups is 3. The fourth-order valence-electron chi connectivity index (χ4n) is 1.76. The number of likely N-dealkylation sites (tertiary alicyclic amines) is 1. The molecule has 0 aliphatic carbocycles. The molecule has 0 atom stereocenters. The van der Waals surface area contributed by atoms with Crippen LogP contribution in [0.15, 0.2) is 0 Å². The van der Waals surface area contributed by atoms with E-state index in [0.29, 0.717) is 25.6 Å². The van der Waals surface area contributed by atoms with Crippen LogP contribution in [0.25, 0.3) is 0 Å². The van der Waals surface area contributed by atoms with Gasteiger partial charge in [-0.15, -0.1) is 0 Å². The molecule has 2 amide bonds. The maximum absolute atomic E-state index is 11.1. The number of carboxylic acid groups (broad SMARTS) is 1. The number of nitrogens with one attached hydrogen (secondary N) is 1. The van der Waals surface area contributed by atoms with E-state index in [1.807, 2.05) is 0 Å². The Morgan fingerprint density at radius 3 is 2.31 bits per heavy atom. The first-order valence-corrected chi connectivity index (χ1v) is 5.27. The van der Waals surface area contributed by atoms with Gasteiger partial charge in [0.05, 0.1) is 0 Å². The molecule has 0 unspecified atom stereocenters. The maximum atomic E-state index is 11.1. The lowest BCUT2D eigenvalue weighted by Gasteiger charge is -2.30. The second kappa shape index (κ2) is 5.48. The molecule has 6 heteroatoms. The van der Waals surface area contributed by atoms with E-state index in [0.717, 1.165) is 12.8 Å². The molecule has 1 saturated heterocycles. The van der Waals surface area contributed by atoms with E-state index in [1.165, 1.54) is 11.8 Å². The SMILES string of the molecule is CC(=O)NCC1CCN(C(=O)C(=O)O)CC1. The summed E-state index contributed by atoms with van der Waals surface area (Å²) in [5.74, 6) is -1.97. The summed E-state index contributed by atoms with van der Waals surface area (Å²) in [5.41, 5.74) is 0. The Labute approximate surface area is 93.6 Å². The Kier molecular flexibility index (Phi) is 4.28. The van der Waals surface area contributed by atoms with Crippen molar-refractivity contribution in [3.63, 3.8) is 0 Å². The van der Waals surface area contributed by atoms with E-state index in [9.17, 15) is 14.4 Å². The number of nitrogens with zero attached hydrogens (tertiary/aromatic N) is 1. The molecule has 90 valence electrons. The van der Waals surface area contributed by atoms with Crippen molar-refractivity contribution < 1.29 is 19.5 Å². The lowest BCUT2D eigenvalue weighted by Crippen LogP contribution is -2.44. The first-order valence-electron chi connectivity index (χ1n) is 5.27. The van der Waals surface area contributed by atoms with E-state index in [1.54, 1.807) is 0 Å². The normalized spacial score (nSPS) is 16.9. The Bertz CT molecular complexity index is 295. The largest absolute Gasteiger partial charge is 0.474 e. The monoisotopic (exact) mass is 228 g/mol. The summed E-state index contributed by atoms with van der Waals surface area (Å²) >= 11 is 0. The molecule has 0 saturated carbocycles. The van der Waals surface area contributed by atoms with Gasteiger partial charge in [0.15, 0.2) is 0 Å². The third kappa shape index (κ3) is 3.52. The van der Waals surface area contributed by atoms with Crippen LogP contribution in [0.1, 0.15) is 19.8 Å². The molecule has 0 spiro atoms. The van der Waals surface area contributed by atoms with Gasteiger partial charge < -0.3 is 15.3 Å². The summed E-state index contributed by atoms with van der Waals surface area (Å²) in [6.07, 6.45) is 1.47. The Balaban J connectivity index is 2.31. The predicted octanol–water partition coefficient (Wildman–Crippen LogP) is -0.554. The van der Waals surface area contributed by atoms with Crippen molar-refractivity contribution in [3.8, 4) is 0 Å². The Morgan fingerprint density at radius 1 is 1.31 bits per heavy atom. The second-order valence-corrected chi connectivity index (χ2v) is 3.98. The number of amides is 2. The van der Waals surface area contributed by atoms with Gasteiger partial charge in [-0.1, -0.05) is 0 Å². The molecular weight excluding hydrogens is 212 g/mol. The average Bonchev–Trinajstić information content (AvgIpc) is 2.26. The molecular formula is C10H16N2O4. The summed E-state index contributed by atoms with van der Waals surface area (Å²) in [6, 6.07) is 0. The zero-order chi connectivity index (χ0) is 12.1. The van der Waals surface area contributed by atoms with Crippen LogP contribution in [0.3, 0.4) is 0 Å². The topological polar surface area (TPSA) is 86.7 Å². The molecule has 0 aromatic heterocycles. The van der Waals surface area contributed by atoms with Gasteiger partial charge in [0, 0.05) is 26.6 Å². The highest BCUT2D eigenvalue weighted by atomic mass is 16.4. The van der Waals surface area contributed by atoms with Crippen molar-refractivity contribution in [1.82, 2.24) is 10.2 Å². The lowest BCUT2D eigenvalue weighted by atomic mass is 9.97. The van der Waals surface area contributed by atoms with Gasteiger partial charge >= 0.3 is 11.9 Å². The summed E-state index contributed by atoms with van der Waals surface area (Å²) in [6.45, 7) is 2.97. The number of hydrogen-bond donors (Lipinski definition) is 2. The van der Waals surface area contributed by atoms with Crippen LogP contribution >= 0.6 is 0 Å². The van der Waals surface area contributed by atoms with Crippen molar-refractivity contribution in [3.05, 3.63) is 0 Å². The molecule has 0 radical (unpaired) electrons. The average molecular weight is 228 g/mol. The number of carboxylic acids is 1. The van der Waals surface area contributed by atoms with Gasteiger partial charge in [-0.3, -0.25) is 9.59 Å². The number of piperidine rings is 1. The third-order valence-electron chi connectivity index (χ3n) is 2.72. The van der Waals surface area contributed by atoms with Crippen molar-refractivity contribution in [2.24, 2.45) is 5.92 Å². The van der Waals surface area contributed by atoms with Crippen molar-refractivity contribution in [2.75, 3.05) is 19.6 Å². The fraction of sp³-hybridized carbons (Fsp3) is 0.700. The molecule has 1 aliphatic heterocycles. The molecule has 0 aromatic rings. The highest BCUT2D eigenvalue weighted by Crippen LogP contribution is 2.16. The minimum absolute atomic E-state index is 0.0657. The molecule has 0 bridgehead atoms. The van der Waals surface area contributed by atoms with Gasteiger partial charge in [0.25, 0.3) is 0 Å². The van der Waals surface area contributed by atoms with E-state index in [4.69, 9.17) is 5.11 Å². The van der Waals surface area contributed by atoms with Crippen LogP contribution in [0.5, 0.6) is 0 Å². The molecule has 1 aliphatic rings. The summed E-state index contributed by atoms with van der Waals surface area (Å²) in [5, 5.41) is 11.3. The van der Waals surface area contributed by atoms with Crippen molar-refractivity contribution in [1.29, 1.82) is 0 Å². The summed E-state index contributed by atoms with van der Waals surface area (Å²) in [4.78, 5) is 33.6. The first-order chi connectivity index (χ1) is 7.50. The number of carbonyl (C=O) groups excluding carboxylic acids is 2. The molecule has 1 fully saturated rings. The highest BCUT2D eigenvalue weighted by molar-refractivity contribution is 6.31. The number of hydrogen-bond acceptors (Lipinski definition) is 3. The van der Waals surface area contributed by atoms with Crippen molar-refractivity contribution in [2.45, 2.75) is 19.8 Å². The smallest absolute Gasteiger partial charge is 0.394 e. The lowest BCUT2D eigenvalue weighted by molar-refractivity contribution is -0.156. The van der Waals surface area contributed by atoms with Gasteiger partial charge in [-0.2, -0.15) is 0 Å². The molecule has 6 nitrogen and oxygen atoms in total. The Hall–Kier alpha value is -1.59. The number of aliphatic carboxylic acids is 1. The number of rotatable bonds is 2. The van der Waals surface area contributed by atoms with Gasteiger partial charge in [0.1, 0.15) is 0 Å². The van der Waals surface area contributed by atoms with E-state index in [-0.39, 0.29) is 5.91 Å². The Morgan fingerprint density at radius 2 is 1.88 bits per heavy atom. The zero-order valence-electron chi connectivity index (χ0n) is 9.23. The first kappa shape index (κ1) is 12.5. The van der Waals surface area contributed by atoms with Crippen LogP contribution in [0, 0.1) is 5.92 Å². The molecule has 2 N–H and O–H groups in total. The fourth-order valence-corrected chi connectivity index (χ4v) is 1.76. The van der Waals surface area contributed by atoms with Gasteiger partial charge in [0.2, 0.25) is 5.91 Å². The molecule has 1 heterocycles. The minimum atomic E-state index is -1.40. The van der Waals surface area contributed by atoms with E-state index >= 15 is 0 Å². The summed E-state index contributed by atoms with van der Waals surface area (Å²) < 4.78 is 0. The molecule has 0 aromatic carbocycles. The van der Waals surface area contributed by atoms with E-state index in [2.05, 4.69) is 5.32 Å². The molecule has 1 rings (SSSR count). The van der Waals surface area contributed by atoms with Crippen LogP contribution in [0.4, 0.5) is 0 Å². The zero-order valence-corrected chi connectivity index (χ0v) is 9.23. The van der Waals surface area contributed by atoms with Crippen LogP contribution in [-0.4, -0.2) is 47.4 Å². The highest BCUT2D eigenvalue weighted by Gasteiger charge is 2.26. The standard InChI is InChI=1S/C10H16N2O4/c1-7(13)11-6-8-2-4-12(5-3-8)9(14)10(15)16/h8H,2-6H2,1H3,(H,11,13)(H,15,16). The second-order valence-electron chi connectivity index (χ2n) is 3.98. The summed E-state index contributed by atoms with van der Waals surface area (Å²) in [7, 11) is 0. The third-order valence-corrected chi connectivity index (χ3v) is 2.72. The van der Waals surface area contributed by atoms with Gasteiger partial charge in [-0.25, -0.2) is 4.79 Å². The van der Waals surface area contributed by atoms with Crippen molar-refractivity contribution >= 4 is 17.8 Å². The van der Waals surface area contributed by atoms with Crippen LogP contribution in [-0.2, 0) is 14.4 Å². The van der Waals surface area contributed by atoms with E-state index < -0.39 is 11.9 Å². The van der Waals surface area contributed by atoms with Crippen LogP contribution < -0.4 is 5.32 Å². The van der Waals surface area contributed by atoms with Gasteiger partial charge in [-0.05, 0) is 18.8 Å².